The Kier molecular flexibility index (Phi) is 5.90. The van der Waals surface area contributed by atoms with Crippen LogP contribution in [0.3, 0.4) is 0 Å². The van der Waals surface area contributed by atoms with Crippen LogP contribution in [0.5, 0.6) is 0 Å². The van der Waals surface area contributed by atoms with Crippen molar-refractivity contribution in [3.8, 4) is 11.8 Å². The highest BCUT2D eigenvalue weighted by atomic mass is 32.1. The molecule has 2 heterocycles. The van der Waals surface area contributed by atoms with Gasteiger partial charge < -0.3 is 10.2 Å². The highest BCUT2D eigenvalue weighted by molar-refractivity contribution is 7.13. The van der Waals surface area contributed by atoms with Crippen molar-refractivity contribution in [3.05, 3.63) is 46.5 Å². The Bertz CT molecular complexity index is 950. The van der Waals surface area contributed by atoms with E-state index >= 15 is 0 Å². The van der Waals surface area contributed by atoms with Gasteiger partial charge in [-0.3, -0.25) is 4.79 Å². The number of benzene rings is 1. The van der Waals surface area contributed by atoms with Crippen molar-refractivity contribution in [1.29, 1.82) is 0 Å². The standard InChI is InChI=1S/C21H22F3N3OS/c1-20(2,3)17-13-29-19(26-17)27-10-9-16(12-27)25-18(28)8-7-14-5-4-6-15(11-14)21(22,23)24/h4-6,11,13,16H,9-10,12H2,1-3H3,(H,25,28). The average molecular weight is 421 g/mol. The fourth-order valence-corrected chi connectivity index (χ4v) is 4.02. The molecular formula is C21H22F3N3OS. The molecule has 1 amide bonds. The maximum absolute atomic E-state index is 12.7. The summed E-state index contributed by atoms with van der Waals surface area (Å²) >= 11 is 1.59. The summed E-state index contributed by atoms with van der Waals surface area (Å²) in [4.78, 5) is 18.9. The zero-order valence-corrected chi connectivity index (χ0v) is 17.2. The van der Waals surface area contributed by atoms with Crippen LogP contribution in [0.4, 0.5) is 18.3 Å². The van der Waals surface area contributed by atoms with Crippen LogP contribution in [0.25, 0.3) is 0 Å². The number of carbonyl (C=O) groups is 1. The van der Waals surface area contributed by atoms with Gasteiger partial charge in [-0.2, -0.15) is 13.2 Å². The topological polar surface area (TPSA) is 45.2 Å². The quantitative estimate of drug-likeness (QED) is 0.739. The number of amides is 1. The molecular weight excluding hydrogens is 399 g/mol. The van der Waals surface area contributed by atoms with E-state index in [-0.39, 0.29) is 17.0 Å². The Morgan fingerprint density at radius 3 is 2.72 bits per heavy atom. The molecule has 1 fully saturated rings. The second-order valence-electron chi connectivity index (χ2n) is 8.00. The molecule has 154 valence electrons. The van der Waals surface area contributed by atoms with E-state index in [1.165, 1.54) is 12.1 Å². The highest BCUT2D eigenvalue weighted by Gasteiger charge is 2.30. The first-order valence-electron chi connectivity index (χ1n) is 9.23. The number of hydrogen-bond donors (Lipinski definition) is 1. The van der Waals surface area contributed by atoms with Gasteiger partial charge in [-0.15, -0.1) is 11.3 Å². The maximum Gasteiger partial charge on any atom is 0.416 e. The van der Waals surface area contributed by atoms with Crippen LogP contribution < -0.4 is 10.2 Å². The second kappa shape index (κ2) is 8.07. The number of nitrogens with zero attached hydrogens (tertiary/aromatic N) is 2. The molecule has 0 radical (unpaired) electrons. The maximum atomic E-state index is 12.7. The highest BCUT2D eigenvalue weighted by Crippen LogP contribution is 2.31. The van der Waals surface area contributed by atoms with Crippen LogP contribution in [-0.4, -0.2) is 30.0 Å². The van der Waals surface area contributed by atoms with Gasteiger partial charge >= 0.3 is 6.18 Å². The van der Waals surface area contributed by atoms with Crippen molar-refractivity contribution in [2.24, 2.45) is 0 Å². The van der Waals surface area contributed by atoms with Crippen molar-refractivity contribution in [2.75, 3.05) is 18.0 Å². The van der Waals surface area contributed by atoms with Crippen LogP contribution in [0.15, 0.2) is 29.6 Å². The van der Waals surface area contributed by atoms with E-state index in [4.69, 9.17) is 4.98 Å². The molecule has 2 aromatic rings. The lowest BCUT2D eigenvalue weighted by Crippen LogP contribution is -2.36. The van der Waals surface area contributed by atoms with Crippen molar-refractivity contribution in [1.82, 2.24) is 10.3 Å². The molecule has 0 spiro atoms. The van der Waals surface area contributed by atoms with Crippen LogP contribution in [0, 0.1) is 11.8 Å². The van der Waals surface area contributed by atoms with Gasteiger partial charge in [0, 0.05) is 41.4 Å². The third kappa shape index (κ3) is 5.51. The number of rotatable bonds is 2. The summed E-state index contributed by atoms with van der Waals surface area (Å²) in [7, 11) is 0. The Labute approximate surface area is 172 Å². The van der Waals surface area contributed by atoms with Crippen molar-refractivity contribution < 1.29 is 18.0 Å². The van der Waals surface area contributed by atoms with Gasteiger partial charge in [0.05, 0.1) is 11.3 Å². The Morgan fingerprint density at radius 1 is 1.31 bits per heavy atom. The SMILES string of the molecule is CC(C)(C)c1csc(N2CCC(NC(=O)C#Cc3cccc(C(F)(F)F)c3)C2)n1. The minimum Gasteiger partial charge on any atom is -0.346 e. The van der Waals surface area contributed by atoms with Crippen LogP contribution in [0.1, 0.15) is 44.0 Å². The van der Waals surface area contributed by atoms with E-state index in [9.17, 15) is 18.0 Å². The third-order valence-corrected chi connectivity index (χ3v) is 5.47. The molecule has 1 aromatic heterocycles. The van der Waals surface area contributed by atoms with Gasteiger partial charge in [-0.1, -0.05) is 32.8 Å². The van der Waals surface area contributed by atoms with Crippen molar-refractivity contribution in [2.45, 2.75) is 44.8 Å². The van der Waals surface area contributed by atoms with E-state index in [1.807, 2.05) is 0 Å². The average Bonchev–Trinajstić information content (AvgIpc) is 3.28. The predicted molar refractivity (Wildman–Crippen MR) is 108 cm³/mol. The first-order valence-corrected chi connectivity index (χ1v) is 10.1. The second-order valence-corrected chi connectivity index (χ2v) is 8.84. The first kappa shape index (κ1) is 21.2. The molecule has 0 saturated carbocycles. The molecule has 1 aromatic carbocycles. The molecule has 4 nitrogen and oxygen atoms in total. The minimum absolute atomic E-state index is 0.0128. The molecule has 0 aliphatic carbocycles. The Balaban J connectivity index is 1.58. The lowest BCUT2D eigenvalue weighted by molar-refractivity contribution is -0.137. The number of alkyl halides is 3. The van der Waals surface area contributed by atoms with E-state index in [0.717, 1.165) is 35.9 Å². The molecule has 3 rings (SSSR count). The molecule has 29 heavy (non-hydrogen) atoms. The summed E-state index contributed by atoms with van der Waals surface area (Å²) in [5.74, 6) is 4.40. The monoisotopic (exact) mass is 421 g/mol. The number of hydrogen-bond acceptors (Lipinski definition) is 4. The first-order chi connectivity index (χ1) is 13.5. The number of carbonyl (C=O) groups excluding carboxylic acids is 1. The number of nitrogens with one attached hydrogen (secondary N) is 1. The summed E-state index contributed by atoms with van der Waals surface area (Å²) in [5, 5.41) is 5.82. The largest absolute Gasteiger partial charge is 0.416 e. The van der Waals surface area contributed by atoms with E-state index in [1.54, 1.807) is 11.3 Å². The number of anilines is 1. The van der Waals surface area contributed by atoms with Gasteiger partial charge in [-0.05, 0) is 24.6 Å². The zero-order chi connectivity index (χ0) is 21.2. The molecule has 1 saturated heterocycles. The molecule has 8 heteroatoms. The van der Waals surface area contributed by atoms with Gasteiger partial charge in [-0.25, -0.2) is 4.98 Å². The Hall–Kier alpha value is -2.53. The molecule has 1 aliphatic heterocycles. The number of thiazole rings is 1. The lowest BCUT2D eigenvalue weighted by atomic mass is 9.93. The summed E-state index contributed by atoms with van der Waals surface area (Å²) in [6, 6.07) is 4.57. The fourth-order valence-electron chi connectivity index (χ4n) is 2.93. The van der Waals surface area contributed by atoms with E-state index < -0.39 is 17.6 Å². The normalized spacial score (nSPS) is 17.0. The van der Waals surface area contributed by atoms with Gasteiger partial charge in [0.25, 0.3) is 5.91 Å². The fraction of sp³-hybridized carbons (Fsp3) is 0.429. The van der Waals surface area contributed by atoms with Gasteiger partial charge in [0.15, 0.2) is 5.13 Å². The van der Waals surface area contributed by atoms with Gasteiger partial charge in [0.2, 0.25) is 0 Å². The van der Waals surface area contributed by atoms with Crippen molar-refractivity contribution >= 4 is 22.4 Å². The molecule has 0 bridgehead atoms. The zero-order valence-electron chi connectivity index (χ0n) is 16.4. The summed E-state index contributed by atoms with van der Waals surface area (Å²) in [5.41, 5.74) is 0.396. The summed E-state index contributed by atoms with van der Waals surface area (Å²) in [6.07, 6.45) is -3.67. The lowest BCUT2D eigenvalue weighted by Gasteiger charge is -2.17. The third-order valence-electron chi connectivity index (χ3n) is 4.56. The Morgan fingerprint density at radius 2 is 2.07 bits per heavy atom. The molecule has 1 unspecified atom stereocenters. The van der Waals surface area contributed by atoms with Gasteiger partial charge in [0.1, 0.15) is 0 Å². The summed E-state index contributed by atoms with van der Waals surface area (Å²) < 4.78 is 38.2. The van der Waals surface area contributed by atoms with E-state index in [0.29, 0.717) is 6.54 Å². The minimum atomic E-state index is -4.43. The number of halogens is 3. The smallest absolute Gasteiger partial charge is 0.346 e. The van der Waals surface area contributed by atoms with E-state index in [2.05, 4.69) is 48.2 Å². The van der Waals surface area contributed by atoms with Crippen LogP contribution >= 0.6 is 11.3 Å². The molecule has 1 N–H and O–H groups in total. The predicted octanol–water partition coefficient (Wildman–Crippen LogP) is 4.21. The number of aromatic nitrogens is 1. The van der Waals surface area contributed by atoms with Crippen molar-refractivity contribution in [3.63, 3.8) is 0 Å². The van der Waals surface area contributed by atoms with Crippen LogP contribution in [0.2, 0.25) is 0 Å². The summed E-state index contributed by atoms with van der Waals surface area (Å²) in [6.45, 7) is 7.75. The molecule has 1 atom stereocenters. The van der Waals surface area contributed by atoms with Crippen LogP contribution in [-0.2, 0) is 16.4 Å². The molecule has 1 aliphatic rings.